The summed E-state index contributed by atoms with van der Waals surface area (Å²) in [6.07, 6.45) is 6.12. The molecule has 1 aliphatic rings. The first-order valence-corrected chi connectivity index (χ1v) is 10.2. The van der Waals surface area contributed by atoms with E-state index >= 15 is 0 Å². The van der Waals surface area contributed by atoms with E-state index in [0.29, 0.717) is 12.1 Å². The number of benzene rings is 1. The van der Waals surface area contributed by atoms with Gasteiger partial charge in [0.2, 0.25) is 0 Å². The van der Waals surface area contributed by atoms with Crippen molar-refractivity contribution in [3.63, 3.8) is 0 Å². The monoisotopic (exact) mass is 409 g/mol. The molecule has 6 heteroatoms. The summed E-state index contributed by atoms with van der Waals surface area (Å²) in [5, 5.41) is 14.0. The van der Waals surface area contributed by atoms with Crippen LogP contribution in [0.2, 0.25) is 0 Å². The first-order valence-electron chi connectivity index (χ1n) is 10.2. The van der Waals surface area contributed by atoms with E-state index < -0.39 is 17.2 Å². The molecule has 4 nitrogen and oxygen atoms in total. The van der Waals surface area contributed by atoms with Crippen molar-refractivity contribution in [2.24, 2.45) is 0 Å². The first-order chi connectivity index (χ1) is 14.3. The fourth-order valence-corrected chi connectivity index (χ4v) is 4.14. The molecule has 2 aromatic heterocycles. The predicted octanol–water partition coefficient (Wildman–Crippen LogP) is 4.82. The lowest BCUT2D eigenvalue weighted by molar-refractivity contribution is 0.0770. The van der Waals surface area contributed by atoms with Crippen molar-refractivity contribution in [2.75, 3.05) is 0 Å². The summed E-state index contributed by atoms with van der Waals surface area (Å²) in [6.45, 7) is 4.10. The van der Waals surface area contributed by atoms with Gasteiger partial charge in [0.05, 0.1) is 28.6 Å². The number of aliphatic hydroxyl groups is 1. The minimum Gasteiger partial charge on any atom is -0.386 e. The van der Waals surface area contributed by atoms with Crippen LogP contribution in [0.4, 0.5) is 8.78 Å². The average Bonchev–Trinajstić information content (AvgIpc) is 2.72. The highest BCUT2D eigenvalue weighted by molar-refractivity contribution is 5.63. The second-order valence-corrected chi connectivity index (χ2v) is 8.24. The van der Waals surface area contributed by atoms with Crippen LogP contribution < -0.4 is 5.32 Å². The average molecular weight is 409 g/mol. The Bertz CT molecular complexity index is 1030. The van der Waals surface area contributed by atoms with Crippen LogP contribution in [0.3, 0.4) is 0 Å². The molecular formula is C24H25F2N3O. The number of fused-ring (bicyclic) bond motifs is 1. The summed E-state index contributed by atoms with van der Waals surface area (Å²) in [6, 6.07) is 9.25. The molecule has 1 aromatic carbocycles. The normalized spacial score (nSPS) is 16.4. The molecule has 1 aliphatic carbocycles. The molecule has 1 atom stereocenters. The van der Waals surface area contributed by atoms with Crippen LogP contribution in [0, 0.1) is 11.6 Å². The van der Waals surface area contributed by atoms with Crippen LogP contribution in [0.5, 0.6) is 0 Å². The van der Waals surface area contributed by atoms with Crippen molar-refractivity contribution < 1.29 is 13.9 Å². The van der Waals surface area contributed by atoms with Crippen LogP contribution >= 0.6 is 0 Å². The van der Waals surface area contributed by atoms with E-state index in [2.05, 4.69) is 15.3 Å². The molecular weight excluding hydrogens is 384 g/mol. The zero-order valence-electron chi connectivity index (χ0n) is 17.1. The van der Waals surface area contributed by atoms with E-state index in [-0.39, 0.29) is 11.6 Å². The van der Waals surface area contributed by atoms with Crippen molar-refractivity contribution in [3.8, 4) is 11.1 Å². The van der Waals surface area contributed by atoms with Gasteiger partial charge in [-0.25, -0.2) is 8.78 Å². The molecule has 0 fully saturated rings. The fourth-order valence-electron chi connectivity index (χ4n) is 4.14. The molecule has 2 heterocycles. The number of nitrogens with one attached hydrogen (secondary N) is 1. The molecule has 156 valence electrons. The van der Waals surface area contributed by atoms with Crippen LogP contribution in [0.15, 0.2) is 48.8 Å². The third-order valence-corrected chi connectivity index (χ3v) is 5.60. The second kappa shape index (κ2) is 8.20. The number of rotatable bonds is 5. The summed E-state index contributed by atoms with van der Waals surface area (Å²) in [7, 11) is 0. The molecule has 0 amide bonds. The quantitative estimate of drug-likeness (QED) is 0.635. The summed E-state index contributed by atoms with van der Waals surface area (Å²) in [5.74, 6) is -1.20. The van der Waals surface area contributed by atoms with Gasteiger partial charge in [-0.3, -0.25) is 9.97 Å². The molecule has 4 rings (SSSR count). The van der Waals surface area contributed by atoms with Crippen molar-refractivity contribution in [2.45, 2.75) is 51.3 Å². The van der Waals surface area contributed by atoms with Crippen molar-refractivity contribution >= 4 is 0 Å². The number of pyridine rings is 2. The highest BCUT2D eigenvalue weighted by atomic mass is 19.1. The third-order valence-electron chi connectivity index (χ3n) is 5.60. The lowest BCUT2D eigenvalue weighted by Gasteiger charge is -2.30. The Labute approximate surface area is 175 Å². The summed E-state index contributed by atoms with van der Waals surface area (Å²) in [5.41, 5.74) is 3.24. The van der Waals surface area contributed by atoms with Crippen LogP contribution in [-0.4, -0.2) is 15.1 Å². The van der Waals surface area contributed by atoms with Gasteiger partial charge < -0.3 is 10.4 Å². The molecule has 0 saturated heterocycles. The number of hydrogen-bond acceptors (Lipinski definition) is 4. The Hall–Kier alpha value is -2.70. The Morgan fingerprint density at radius 3 is 2.53 bits per heavy atom. The lowest BCUT2D eigenvalue weighted by Crippen LogP contribution is -2.29. The molecule has 0 radical (unpaired) electrons. The Balaban J connectivity index is 1.50. The van der Waals surface area contributed by atoms with Gasteiger partial charge in [0.15, 0.2) is 0 Å². The maximum atomic E-state index is 14.0. The van der Waals surface area contributed by atoms with Gasteiger partial charge in [-0.1, -0.05) is 12.1 Å². The van der Waals surface area contributed by atoms with E-state index in [9.17, 15) is 13.9 Å². The summed E-state index contributed by atoms with van der Waals surface area (Å²) < 4.78 is 28.0. The molecule has 30 heavy (non-hydrogen) atoms. The van der Waals surface area contributed by atoms with Crippen molar-refractivity contribution in [3.05, 3.63) is 82.9 Å². The highest BCUT2D eigenvalue weighted by Crippen LogP contribution is 2.34. The van der Waals surface area contributed by atoms with E-state index in [4.69, 9.17) is 0 Å². The Morgan fingerprint density at radius 2 is 1.87 bits per heavy atom. The third kappa shape index (κ3) is 4.11. The maximum Gasteiger partial charge on any atom is 0.134 e. The molecule has 0 aliphatic heterocycles. The number of aromatic nitrogens is 2. The molecule has 2 N–H and O–H groups in total. The predicted molar refractivity (Wildman–Crippen MR) is 112 cm³/mol. The minimum absolute atomic E-state index is 0.0611. The highest BCUT2D eigenvalue weighted by Gasteiger charge is 2.28. The van der Waals surface area contributed by atoms with Gasteiger partial charge in [0.1, 0.15) is 11.6 Å². The Morgan fingerprint density at radius 1 is 1.10 bits per heavy atom. The standard InChI is InChI=1S/C24H25F2N3O/c1-24(2,30)18-11-12-27-23-17(18)5-3-8-21(23)29-14-16-10-9-15(13-28-16)22-19(25)6-4-7-20(22)26/h4,6-7,9-13,21,29-30H,3,5,8,14H2,1-2H3. The zero-order chi connectivity index (χ0) is 21.3. The lowest BCUT2D eigenvalue weighted by atomic mass is 9.84. The van der Waals surface area contributed by atoms with Gasteiger partial charge in [0, 0.05) is 24.5 Å². The smallest absolute Gasteiger partial charge is 0.134 e. The topological polar surface area (TPSA) is 58.0 Å². The van der Waals surface area contributed by atoms with Gasteiger partial charge in [-0.05, 0) is 68.5 Å². The zero-order valence-corrected chi connectivity index (χ0v) is 17.1. The second-order valence-electron chi connectivity index (χ2n) is 8.24. The fraction of sp³-hybridized carbons (Fsp3) is 0.333. The first kappa shape index (κ1) is 20.6. The van der Waals surface area contributed by atoms with E-state index in [1.54, 1.807) is 32.2 Å². The van der Waals surface area contributed by atoms with Crippen LogP contribution in [-0.2, 0) is 18.6 Å². The van der Waals surface area contributed by atoms with E-state index in [1.807, 2.05) is 6.07 Å². The van der Waals surface area contributed by atoms with Crippen LogP contribution in [0.1, 0.15) is 55.2 Å². The van der Waals surface area contributed by atoms with Crippen molar-refractivity contribution in [1.82, 2.24) is 15.3 Å². The molecule has 0 spiro atoms. The number of hydrogen-bond donors (Lipinski definition) is 2. The van der Waals surface area contributed by atoms with Gasteiger partial charge in [-0.15, -0.1) is 0 Å². The Kier molecular flexibility index (Phi) is 5.62. The minimum atomic E-state index is -0.908. The summed E-state index contributed by atoms with van der Waals surface area (Å²) in [4.78, 5) is 8.96. The van der Waals surface area contributed by atoms with E-state index in [1.165, 1.54) is 24.4 Å². The SMILES string of the molecule is CC(C)(O)c1ccnc2c1CCCC2NCc1ccc(-c2c(F)cccc2F)cn1. The van der Waals surface area contributed by atoms with Crippen molar-refractivity contribution in [1.29, 1.82) is 0 Å². The number of nitrogens with zero attached hydrogens (tertiary/aromatic N) is 2. The van der Waals surface area contributed by atoms with Crippen LogP contribution in [0.25, 0.3) is 11.1 Å². The number of halogens is 2. The molecule has 0 saturated carbocycles. The largest absolute Gasteiger partial charge is 0.386 e. The molecule has 3 aromatic rings. The molecule has 1 unspecified atom stereocenters. The van der Waals surface area contributed by atoms with Gasteiger partial charge >= 0.3 is 0 Å². The van der Waals surface area contributed by atoms with Gasteiger partial charge in [0.25, 0.3) is 0 Å². The summed E-state index contributed by atoms with van der Waals surface area (Å²) >= 11 is 0. The molecule has 0 bridgehead atoms. The van der Waals surface area contributed by atoms with Gasteiger partial charge in [-0.2, -0.15) is 0 Å². The maximum absolute atomic E-state index is 14.0. The van der Waals surface area contributed by atoms with E-state index in [0.717, 1.165) is 41.8 Å².